The van der Waals surface area contributed by atoms with Gasteiger partial charge in [0.15, 0.2) is 0 Å². The van der Waals surface area contributed by atoms with Gasteiger partial charge in [0.25, 0.3) is 0 Å². The van der Waals surface area contributed by atoms with Crippen LogP contribution in [-0.4, -0.2) is 16.7 Å². The minimum absolute atomic E-state index is 0.0721. The lowest BCUT2D eigenvalue weighted by molar-refractivity contribution is 0.159. The Labute approximate surface area is 146 Å². The number of hydrogen-bond donors (Lipinski definition) is 2. The third-order valence-corrected chi connectivity index (χ3v) is 5.32. The van der Waals surface area contributed by atoms with Crippen molar-refractivity contribution in [1.29, 1.82) is 0 Å². The summed E-state index contributed by atoms with van der Waals surface area (Å²) in [4.78, 5) is 4.48. The van der Waals surface area contributed by atoms with E-state index in [-0.39, 0.29) is 6.61 Å². The molecule has 24 heavy (non-hydrogen) atoms. The Bertz CT molecular complexity index is 896. The van der Waals surface area contributed by atoms with Gasteiger partial charge in [0, 0.05) is 17.5 Å². The number of nitrogens with zero attached hydrogens (tertiary/aromatic N) is 1. The number of nitrogens with one attached hydrogen (secondary N) is 1. The first-order chi connectivity index (χ1) is 11.7. The van der Waals surface area contributed by atoms with E-state index in [1.165, 1.54) is 11.1 Å². The van der Waals surface area contributed by atoms with Gasteiger partial charge in [-0.15, -0.1) is 0 Å². The summed E-state index contributed by atoms with van der Waals surface area (Å²) in [5.74, 6) is 0. The van der Waals surface area contributed by atoms with Crippen molar-refractivity contribution in [2.24, 2.45) is 0 Å². The van der Waals surface area contributed by atoms with E-state index in [0.717, 1.165) is 29.3 Å². The first-order valence-corrected chi connectivity index (χ1v) is 8.58. The van der Waals surface area contributed by atoms with Gasteiger partial charge < -0.3 is 10.4 Å². The molecule has 1 aliphatic rings. The maximum absolute atomic E-state index is 10.1. The summed E-state index contributed by atoms with van der Waals surface area (Å²) in [6.45, 7) is 0.647. The SMILES string of the molecule is OCC1(NCc2cc3ccccc3nc2Cl)CCc2ccccc21. The van der Waals surface area contributed by atoms with Crippen molar-refractivity contribution >= 4 is 22.5 Å². The lowest BCUT2D eigenvalue weighted by Gasteiger charge is -2.30. The van der Waals surface area contributed by atoms with Crippen molar-refractivity contribution in [3.05, 3.63) is 76.4 Å². The number of aliphatic hydroxyl groups is 1. The molecule has 122 valence electrons. The summed E-state index contributed by atoms with van der Waals surface area (Å²) in [6.07, 6.45) is 1.87. The van der Waals surface area contributed by atoms with Crippen LogP contribution in [0.1, 0.15) is 23.1 Å². The molecule has 2 N–H and O–H groups in total. The molecule has 4 heteroatoms. The predicted octanol–water partition coefficient (Wildman–Crippen LogP) is 3.81. The van der Waals surface area contributed by atoms with Gasteiger partial charge in [0.1, 0.15) is 5.15 Å². The predicted molar refractivity (Wildman–Crippen MR) is 97.1 cm³/mol. The molecule has 4 rings (SSSR count). The number of benzene rings is 2. The van der Waals surface area contributed by atoms with Crippen LogP contribution in [0.25, 0.3) is 10.9 Å². The zero-order chi connectivity index (χ0) is 16.6. The van der Waals surface area contributed by atoms with Gasteiger partial charge in [-0.2, -0.15) is 0 Å². The van der Waals surface area contributed by atoms with Gasteiger partial charge in [0.05, 0.1) is 17.7 Å². The molecule has 3 nitrogen and oxygen atoms in total. The Kier molecular flexibility index (Phi) is 4.01. The van der Waals surface area contributed by atoms with Crippen molar-refractivity contribution in [3.8, 4) is 0 Å². The highest BCUT2D eigenvalue weighted by atomic mass is 35.5. The second-order valence-corrected chi connectivity index (χ2v) is 6.74. The number of aliphatic hydroxyl groups excluding tert-OH is 1. The van der Waals surface area contributed by atoms with Crippen LogP contribution in [0.4, 0.5) is 0 Å². The molecule has 3 aromatic rings. The third-order valence-electron chi connectivity index (χ3n) is 4.99. The van der Waals surface area contributed by atoms with Crippen LogP contribution in [0.15, 0.2) is 54.6 Å². The summed E-state index contributed by atoms with van der Waals surface area (Å²) in [5.41, 5.74) is 3.95. The molecule has 0 saturated carbocycles. The van der Waals surface area contributed by atoms with Crippen LogP contribution >= 0.6 is 11.6 Å². The third kappa shape index (κ3) is 2.59. The number of rotatable bonds is 4. The van der Waals surface area contributed by atoms with E-state index in [4.69, 9.17) is 11.6 Å². The number of aryl methyl sites for hydroxylation is 1. The Morgan fingerprint density at radius 2 is 1.92 bits per heavy atom. The maximum atomic E-state index is 10.1. The molecule has 1 unspecified atom stereocenters. The fraction of sp³-hybridized carbons (Fsp3) is 0.250. The first-order valence-electron chi connectivity index (χ1n) is 8.20. The van der Waals surface area contributed by atoms with Gasteiger partial charge in [-0.25, -0.2) is 4.98 Å². The number of pyridine rings is 1. The molecule has 1 heterocycles. The van der Waals surface area contributed by atoms with Crippen molar-refractivity contribution in [1.82, 2.24) is 10.3 Å². The molecular formula is C20H19ClN2O. The Morgan fingerprint density at radius 1 is 1.12 bits per heavy atom. The average Bonchev–Trinajstić information content (AvgIpc) is 2.99. The monoisotopic (exact) mass is 338 g/mol. The Morgan fingerprint density at radius 3 is 2.79 bits per heavy atom. The summed E-state index contributed by atoms with van der Waals surface area (Å²) in [5, 5.41) is 15.2. The van der Waals surface area contributed by atoms with E-state index < -0.39 is 5.54 Å². The van der Waals surface area contributed by atoms with Crippen molar-refractivity contribution in [2.75, 3.05) is 6.61 Å². The topological polar surface area (TPSA) is 45.1 Å². The van der Waals surface area contributed by atoms with Gasteiger partial charge >= 0.3 is 0 Å². The van der Waals surface area contributed by atoms with Crippen LogP contribution in [0.5, 0.6) is 0 Å². The molecule has 0 amide bonds. The van der Waals surface area contributed by atoms with E-state index in [1.807, 2.05) is 30.3 Å². The normalized spacial score (nSPS) is 19.6. The van der Waals surface area contributed by atoms with Crippen molar-refractivity contribution < 1.29 is 5.11 Å². The number of halogens is 1. The smallest absolute Gasteiger partial charge is 0.134 e. The van der Waals surface area contributed by atoms with Crippen LogP contribution < -0.4 is 5.32 Å². The molecule has 0 saturated heterocycles. The summed E-state index contributed by atoms with van der Waals surface area (Å²) < 4.78 is 0. The number of para-hydroxylation sites is 1. The molecular weight excluding hydrogens is 320 g/mol. The standard InChI is InChI=1S/C20H19ClN2O/c21-19-16(11-15-6-2-4-8-18(15)23-19)12-22-20(13-24)10-9-14-5-1-3-7-17(14)20/h1-8,11,22,24H,9-10,12-13H2. The van der Waals surface area contributed by atoms with E-state index >= 15 is 0 Å². The molecule has 1 aromatic heterocycles. The molecule has 1 aliphatic carbocycles. The highest BCUT2D eigenvalue weighted by Crippen LogP contribution is 2.37. The second-order valence-electron chi connectivity index (χ2n) is 6.38. The molecule has 0 fully saturated rings. The second kappa shape index (κ2) is 6.17. The van der Waals surface area contributed by atoms with Gasteiger partial charge in [-0.1, -0.05) is 54.1 Å². The molecule has 0 bridgehead atoms. The van der Waals surface area contributed by atoms with Crippen LogP contribution in [0.3, 0.4) is 0 Å². The van der Waals surface area contributed by atoms with Crippen LogP contribution in [-0.2, 0) is 18.5 Å². The zero-order valence-corrected chi connectivity index (χ0v) is 14.1. The highest BCUT2D eigenvalue weighted by molar-refractivity contribution is 6.30. The minimum Gasteiger partial charge on any atom is -0.394 e. The summed E-state index contributed by atoms with van der Waals surface area (Å²) in [6, 6.07) is 18.3. The minimum atomic E-state index is -0.397. The first kappa shape index (κ1) is 15.6. The van der Waals surface area contributed by atoms with E-state index in [2.05, 4.69) is 34.6 Å². The lowest BCUT2D eigenvalue weighted by atomic mass is 9.92. The molecule has 2 aromatic carbocycles. The average molecular weight is 339 g/mol. The van der Waals surface area contributed by atoms with Gasteiger partial charge in [-0.05, 0) is 36.1 Å². The Hall–Kier alpha value is -1.94. The maximum Gasteiger partial charge on any atom is 0.134 e. The number of hydrogen-bond acceptors (Lipinski definition) is 3. The summed E-state index contributed by atoms with van der Waals surface area (Å²) >= 11 is 6.36. The van der Waals surface area contributed by atoms with Crippen molar-refractivity contribution in [2.45, 2.75) is 24.9 Å². The summed E-state index contributed by atoms with van der Waals surface area (Å²) in [7, 11) is 0. The fourth-order valence-corrected chi connectivity index (χ4v) is 3.83. The van der Waals surface area contributed by atoms with Crippen molar-refractivity contribution in [3.63, 3.8) is 0 Å². The quantitative estimate of drug-likeness (QED) is 0.711. The van der Waals surface area contributed by atoms with E-state index in [9.17, 15) is 5.11 Å². The highest BCUT2D eigenvalue weighted by Gasteiger charge is 2.37. The number of aromatic nitrogens is 1. The molecule has 1 atom stereocenters. The van der Waals surface area contributed by atoms with E-state index in [1.54, 1.807) is 0 Å². The largest absolute Gasteiger partial charge is 0.394 e. The van der Waals surface area contributed by atoms with Crippen LogP contribution in [0.2, 0.25) is 5.15 Å². The van der Waals surface area contributed by atoms with Crippen LogP contribution in [0, 0.1) is 0 Å². The Balaban J connectivity index is 1.64. The lowest BCUT2D eigenvalue weighted by Crippen LogP contribution is -2.43. The molecule has 0 aliphatic heterocycles. The van der Waals surface area contributed by atoms with E-state index in [0.29, 0.717) is 11.7 Å². The van der Waals surface area contributed by atoms with Gasteiger partial charge in [-0.3, -0.25) is 0 Å². The zero-order valence-electron chi connectivity index (χ0n) is 13.3. The fourth-order valence-electron chi connectivity index (χ4n) is 3.62. The molecule has 0 radical (unpaired) electrons. The van der Waals surface area contributed by atoms with Gasteiger partial charge in [0.2, 0.25) is 0 Å². The number of fused-ring (bicyclic) bond motifs is 2. The molecule has 0 spiro atoms.